The van der Waals surface area contributed by atoms with Gasteiger partial charge in [0.25, 0.3) is 0 Å². The van der Waals surface area contributed by atoms with E-state index in [4.69, 9.17) is 0 Å². The first-order valence-electron chi connectivity index (χ1n) is 10.4. The molecular formula is C23H28N4O3S. The quantitative estimate of drug-likeness (QED) is 0.480. The Morgan fingerprint density at radius 1 is 1.03 bits per heavy atom. The number of benzene rings is 2. The van der Waals surface area contributed by atoms with E-state index in [2.05, 4.69) is 28.2 Å². The summed E-state index contributed by atoms with van der Waals surface area (Å²) in [5.74, 6) is -0.214. The molecule has 0 aromatic heterocycles. The highest BCUT2D eigenvalue weighted by Crippen LogP contribution is 2.16. The lowest BCUT2D eigenvalue weighted by atomic mass is 10.1. The van der Waals surface area contributed by atoms with E-state index < -0.39 is 5.50 Å². The van der Waals surface area contributed by atoms with Crippen molar-refractivity contribution in [1.29, 1.82) is 0 Å². The lowest BCUT2D eigenvalue weighted by molar-refractivity contribution is -0.125. The molecule has 2 atom stereocenters. The highest BCUT2D eigenvalue weighted by Gasteiger charge is 2.28. The summed E-state index contributed by atoms with van der Waals surface area (Å²) in [4.78, 5) is 36.5. The van der Waals surface area contributed by atoms with Gasteiger partial charge in [-0.3, -0.25) is 19.7 Å². The molecular weight excluding hydrogens is 412 g/mol. The molecule has 0 bridgehead atoms. The van der Waals surface area contributed by atoms with Gasteiger partial charge in [-0.25, -0.2) is 0 Å². The summed E-state index contributed by atoms with van der Waals surface area (Å²) >= 11 is 1.29. The molecule has 3 rings (SSSR count). The van der Waals surface area contributed by atoms with Crippen molar-refractivity contribution in [2.24, 2.45) is 0 Å². The van der Waals surface area contributed by atoms with E-state index in [-0.39, 0.29) is 42.4 Å². The van der Waals surface area contributed by atoms with Crippen molar-refractivity contribution in [3.05, 3.63) is 65.7 Å². The van der Waals surface area contributed by atoms with Crippen molar-refractivity contribution < 1.29 is 14.4 Å². The van der Waals surface area contributed by atoms with E-state index in [0.29, 0.717) is 6.54 Å². The number of hydrogen-bond donors (Lipinski definition) is 4. The highest BCUT2D eigenvalue weighted by atomic mass is 32.2. The molecule has 2 aromatic rings. The second-order valence-electron chi connectivity index (χ2n) is 7.39. The van der Waals surface area contributed by atoms with Gasteiger partial charge in [0.05, 0.1) is 5.75 Å². The predicted molar refractivity (Wildman–Crippen MR) is 123 cm³/mol. The van der Waals surface area contributed by atoms with Gasteiger partial charge >= 0.3 is 0 Å². The number of carbonyl (C=O) groups excluding carboxylic acids is 3. The van der Waals surface area contributed by atoms with E-state index in [1.807, 2.05) is 54.6 Å². The maximum absolute atomic E-state index is 12.3. The van der Waals surface area contributed by atoms with Crippen molar-refractivity contribution >= 4 is 35.2 Å². The third kappa shape index (κ3) is 7.73. The Kier molecular flexibility index (Phi) is 8.49. The van der Waals surface area contributed by atoms with E-state index in [0.717, 1.165) is 17.7 Å². The van der Waals surface area contributed by atoms with Crippen LogP contribution in [0.4, 0.5) is 5.69 Å². The minimum atomic E-state index is -0.415. The first kappa shape index (κ1) is 22.8. The molecule has 1 heterocycles. The molecule has 0 aliphatic carbocycles. The Balaban J connectivity index is 1.41. The molecule has 0 radical (unpaired) electrons. The fourth-order valence-corrected chi connectivity index (χ4v) is 4.13. The summed E-state index contributed by atoms with van der Waals surface area (Å²) in [6.45, 7) is 2.53. The average Bonchev–Trinajstić information content (AvgIpc) is 2.77. The van der Waals surface area contributed by atoms with Gasteiger partial charge in [-0.05, 0) is 29.7 Å². The van der Waals surface area contributed by atoms with Crippen LogP contribution in [-0.2, 0) is 27.3 Å². The van der Waals surface area contributed by atoms with Gasteiger partial charge in [0.1, 0.15) is 5.50 Å². The zero-order valence-corrected chi connectivity index (χ0v) is 18.3. The second kappa shape index (κ2) is 11.5. The van der Waals surface area contributed by atoms with Crippen LogP contribution in [0.2, 0.25) is 0 Å². The van der Waals surface area contributed by atoms with Gasteiger partial charge in [-0.15, -0.1) is 11.8 Å². The summed E-state index contributed by atoms with van der Waals surface area (Å²) in [5, 5.41) is 11.8. The summed E-state index contributed by atoms with van der Waals surface area (Å²) in [5.41, 5.74) is 2.56. The van der Waals surface area contributed by atoms with Crippen LogP contribution in [0.5, 0.6) is 0 Å². The fourth-order valence-electron chi connectivity index (χ4n) is 3.24. The van der Waals surface area contributed by atoms with Crippen LogP contribution < -0.4 is 21.3 Å². The van der Waals surface area contributed by atoms with E-state index in [1.165, 1.54) is 17.3 Å². The third-order valence-electron chi connectivity index (χ3n) is 4.90. The Morgan fingerprint density at radius 2 is 1.77 bits per heavy atom. The first-order chi connectivity index (χ1) is 15.0. The molecule has 8 heteroatoms. The van der Waals surface area contributed by atoms with E-state index >= 15 is 0 Å². The largest absolute Gasteiger partial charge is 0.352 e. The fraction of sp³-hybridized carbons (Fsp3) is 0.348. The molecule has 3 amide bonds. The number of aryl methyl sites for hydroxylation is 1. The average molecular weight is 441 g/mol. The Hall–Kier alpha value is -2.84. The highest BCUT2D eigenvalue weighted by molar-refractivity contribution is 8.00. The van der Waals surface area contributed by atoms with Crippen LogP contribution in [0, 0.1) is 0 Å². The molecule has 2 unspecified atom stereocenters. The zero-order valence-electron chi connectivity index (χ0n) is 17.5. The number of hydrogen-bond acceptors (Lipinski definition) is 5. The Bertz CT molecular complexity index is 889. The van der Waals surface area contributed by atoms with Crippen molar-refractivity contribution in [1.82, 2.24) is 16.0 Å². The van der Waals surface area contributed by atoms with Gasteiger partial charge < -0.3 is 16.0 Å². The number of anilines is 1. The molecule has 1 aliphatic rings. The lowest BCUT2D eigenvalue weighted by Crippen LogP contribution is -2.56. The molecule has 4 N–H and O–H groups in total. The van der Waals surface area contributed by atoms with Crippen molar-refractivity contribution in [2.45, 2.75) is 44.3 Å². The van der Waals surface area contributed by atoms with Gasteiger partial charge in [0.2, 0.25) is 17.7 Å². The standard InChI is InChI=1S/C23H28N4O3S/c1-2-16-8-10-18(11-9-16)25-22(30)15-31-23-26-19(13-21(29)27-23)12-20(28)24-14-17-6-4-3-5-7-17/h3-11,19,23,26H,2,12-15H2,1H3,(H,24,28)(H,25,30)(H,27,29). The number of thioether (sulfide) groups is 1. The van der Waals surface area contributed by atoms with Crippen molar-refractivity contribution in [3.8, 4) is 0 Å². The lowest BCUT2D eigenvalue weighted by Gasteiger charge is -2.30. The van der Waals surface area contributed by atoms with Gasteiger partial charge in [0, 0.05) is 31.1 Å². The zero-order chi connectivity index (χ0) is 22.1. The van der Waals surface area contributed by atoms with Gasteiger partial charge in [-0.1, -0.05) is 49.4 Å². The summed E-state index contributed by atoms with van der Waals surface area (Å²) in [6.07, 6.45) is 1.38. The number of rotatable bonds is 9. The van der Waals surface area contributed by atoms with Crippen LogP contribution in [0.25, 0.3) is 0 Å². The topological polar surface area (TPSA) is 99.3 Å². The summed E-state index contributed by atoms with van der Waals surface area (Å²) in [6, 6.07) is 17.1. The molecule has 0 saturated carbocycles. The normalized spacial score (nSPS) is 18.2. The van der Waals surface area contributed by atoms with Gasteiger partial charge in [0.15, 0.2) is 0 Å². The number of nitrogens with one attached hydrogen (secondary N) is 4. The Morgan fingerprint density at radius 3 is 2.48 bits per heavy atom. The number of carbonyl (C=O) groups is 3. The molecule has 31 heavy (non-hydrogen) atoms. The molecule has 7 nitrogen and oxygen atoms in total. The minimum absolute atomic E-state index is 0.118. The molecule has 1 aliphatic heterocycles. The second-order valence-corrected chi connectivity index (χ2v) is 8.48. The maximum atomic E-state index is 12.3. The van der Waals surface area contributed by atoms with E-state index in [1.54, 1.807) is 0 Å². The van der Waals surface area contributed by atoms with Gasteiger partial charge in [-0.2, -0.15) is 0 Å². The Labute approximate surface area is 186 Å². The monoisotopic (exact) mass is 440 g/mol. The molecule has 1 saturated heterocycles. The van der Waals surface area contributed by atoms with Crippen LogP contribution >= 0.6 is 11.8 Å². The number of amides is 3. The third-order valence-corrected chi connectivity index (χ3v) is 5.92. The molecule has 2 aromatic carbocycles. The van der Waals surface area contributed by atoms with E-state index in [9.17, 15) is 14.4 Å². The smallest absolute Gasteiger partial charge is 0.234 e. The minimum Gasteiger partial charge on any atom is -0.352 e. The van der Waals surface area contributed by atoms with Crippen molar-refractivity contribution in [2.75, 3.05) is 11.1 Å². The maximum Gasteiger partial charge on any atom is 0.234 e. The van der Waals surface area contributed by atoms with Crippen LogP contribution in [0.3, 0.4) is 0 Å². The predicted octanol–water partition coefficient (Wildman–Crippen LogP) is 2.39. The summed E-state index contributed by atoms with van der Waals surface area (Å²) in [7, 11) is 0. The molecule has 1 fully saturated rings. The first-order valence-corrected chi connectivity index (χ1v) is 11.4. The summed E-state index contributed by atoms with van der Waals surface area (Å²) < 4.78 is 0. The van der Waals surface area contributed by atoms with Crippen LogP contribution in [0.15, 0.2) is 54.6 Å². The van der Waals surface area contributed by atoms with Crippen LogP contribution in [0.1, 0.15) is 30.9 Å². The van der Waals surface area contributed by atoms with Crippen LogP contribution in [-0.4, -0.2) is 35.0 Å². The van der Waals surface area contributed by atoms with Crippen molar-refractivity contribution in [3.63, 3.8) is 0 Å². The molecule has 164 valence electrons. The molecule has 0 spiro atoms. The SMILES string of the molecule is CCc1ccc(NC(=O)CSC2NC(=O)CC(CC(=O)NCc3ccccc3)N2)cc1.